The van der Waals surface area contributed by atoms with Gasteiger partial charge in [0.2, 0.25) is 0 Å². The summed E-state index contributed by atoms with van der Waals surface area (Å²) in [6.07, 6.45) is 10.2. The molecule has 0 aromatic heterocycles. The van der Waals surface area contributed by atoms with E-state index < -0.39 is 0 Å². The van der Waals surface area contributed by atoms with E-state index in [1.807, 2.05) is 0 Å². The molecule has 0 aromatic carbocycles. The largest absolute Gasteiger partial charge is 0.0804 e. The molecule has 0 aliphatic heterocycles. The summed E-state index contributed by atoms with van der Waals surface area (Å²) in [6, 6.07) is 0. The third-order valence-electron chi connectivity index (χ3n) is 1.91. The lowest BCUT2D eigenvalue weighted by Gasteiger charge is -2.05. The van der Waals surface area contributed by atoms with Gasteiger partial charge >= 0.3 is 0 Å². The Morgan fingerprint density at radius 1 is 1.55 bits per heavy atom. The van der Waals surface area contributed by atoms with Crippen molar-refractivity contribution in [2.45, 2.75) is 27.2 Å². The number of allylic oxidation sites excluding steroid dienone is 6. The molecule has 0 radical (unpaired) electrons. The molecular formula is C11H16. The van der Waals surface area contributed by atoms with Crippen molar-refractivity contribution in [3.05, 3.63) is 35.5 Å². The molecule has 60 valence electrons. The molecule has 0 saturated carbocycles. The van der Waals surface area contributed by atoms with Crippen LogP contribution in [0.25, 0.3) is 0 Å². The van der Waals surface area contributed by atoms with Gasteiger partial charge < -0.3 is 0 Å². The second-order valence-corrected chi connectivity index (χ2v) is 3.37. The second kappa shape index (κ2) is 3.56. The normalized spacial score (nSPS) is 17.9. The van der Waals surface area contributed by atoms with Crippen molar-refractivity contribution in [3.8, 4) is 0 Å². The van der Waals surface area contributed by atoms with Crippen LogP contribution in [0, 0.1) is 5.92 Å². The maximum Gasteiger partial charge on any atom is -0.00111 e. The van der Waals surface area contributed by atoms with Gasteiger partial charge in [-0.25, -0.2) is 0 Å². The Hall–Kier alpha value is -0.780. The molecular weight excluding hydrogens is 132 g/mol. The van der Waals surface area contributed by atoms with E-state index in [0.29, 0.717) is 5.92 Å². The van der Waals surface area contributed by atoms with Crippen molar-refractivity contribution in [2.75, 3.05) is 0 Å². The van der Waals surface area contributed by atoms with Gasteiger partial charge in [-0.05, 0) is 31.8 Å². The molecule has 0 amide bonds. The van der Waals surface area contributed by atoms with Gasteiger partial charge in [0.25, 0.3) is 0 Å². The van der Waals surface area contributed by atoms with Crippen LogP contribution < -0.4 is 0 Å². The molecule has 1 rings (SSSR count). The second-order valence-electron chi connectivity index (χ2n) is 3.37. The molecule has 11 heavy (non-hydrogen) atoms. The molecule has 1 aliphatic carbocycles. The highest BCUT2D eigenvalue weighted by Gasteiger charge is 2.04. The fourth-order valence-corrected chi connectivity index (χ4v) is 1.41. The van der Waals surface area contributed by atoms with Gasteiger partial charge in [0.05, 0.1) is 0 Å². The molecule has 0 spiro atoms. The van der Waals surface area contributed by atoms with E-state index in [0.717, 1.165) is 6.42 Å². The Balaban J connectivity index is 2.61. The third kappa shape index (κ3) is 2.38. The van der Waals surface area contributed by atoms with Crippen molar-refractivity contribution < 1.29 is 0 Å². The summed E-state index contributed by atoms with van der Waals surface area (Å²) in [5, 5.41) is 0. The van der Waals surface area contributed by atoms with E-state index in [1.165, 1.54) is 11.1 Å². The smallest absolute Gasteiger partial charge is 0.00111 e. The Kier molecular flexibility index (Phi) is 2.70. The number of hydrogen-bond donors (Lipinski definition) is 0. The number of hydrogen-bond acceptors (Lipinski definition) is 0. The first-order valence-electron chi connectivity index (χ1n) is 4.22. The summed E-state index contributed by atoms with van der Waals surface area (Å²) in [6.45, 7) is 6.54. The molecule has 1 aliphatic rings. The first-order chi connectivity index (χ1) is 5.20. The van der Waals surface area contributed by atoms with Crippen molar-refractivity contribution >= 4 is 0 Å². The lowest BCUT2D eigenvalue weighted by atomic mass is 10.0. The zero-order valence-corrected chi connectivity index (χ0v) is 7.59. The summed E-state index contributed by atoms with van der Waals surface area (Å²) in [5.74, 6) is 0.596. The molecule has 0 heteroatoms. The van der Waals surface area contributed by atoms with Crippen molar-refractivity contribution in [1.29, 1.82) is 0 Å². The van der Waals surface area contributed by atoms with Gasteiger partial charge in [-0.3, -0.25) is 0 Å². The van der Waals surface area contributed by atoms with E-state index >= 15 is 0 Å². The van der Waals surface area contributed by atoms with Crippen molar-refractivity contribution in [1.82, 2.24) is 0 Å². The van der Waals surface area contributed by atoms with Gasteiger partial charge in [0.1, 0.15) is 0 Å². The molecule has 0 aromatic rings. The van der Waals surface area contributed by atoms with Gasteiger partial charge in [-0.15, -0.1) is 0 Å². The molecule has 1 unspecified atom stereocenters. The monoisotopic (exact) mass is 148 g/mol. The van der Waals surface area contributed by atoms with Crippen LogP contribution in [-0.4, -0.2) is 0 Å². The molecule has 0 saturated heterocycles. The van der Waals surface area contributed by atoms with Gasteiger partial charge in [0.15, 0.2) is 0 Å². The molecule has 0 fully saturated rings. The summed E-state index contributed by atoms with van der Waals surface area (Å²) in [4.78, 5) is 0. The fraction of sp³-hybridized carbons (Fsp3) is 0.455. The molecule has 0 bridgehead atoms. The Morgan fingerprint density at radius 2 is 2.27 bits per heavy atom. The quantitative estimate of drug-likeness (QED) is 0.526. The van der Waals surface area contributed by atoms with Gasteiger partial charge in [0, 0.05) is 0 Å². The third-order valence-corrected chi connectivity index (χ3v) is 1.91. The summed E-state index contributed by atoms with van der Waals surface area (Å²) >= 11 is 0. The number of rotatable bonds is 2. The van der Waals surface area contributed by atoms with Crippen molar-refractivity contribution in [2.24, 2.45) is 5.92 Å². The van der Waals surface area contributed by atoms with Crippen LogP contribution in [0.2, 0.25) is 0 Å². The van der Waals surface area contributed by atoms with Crippen LogP contribution in [0.5, 0.6) is 0 Å². The minimum atomic E-state index is 0.596. The fourth-order valence-electron chi connectivity index (χ4n) is 1.41. The highest BCUT2D eigenvalue weighted by Crippen LogP contribution is 2.20. The van der Waals surface area contributed by atoms with Crippen LogP contribution >= 0.6 is 0 Å². The van der Waals surface area contributed by atoms with Crippen LogP contribution in [0.1, 0.15) is 27.2 Å². The molecule has 0 nitrogen and oxygen atoms in total. The lowest BCUT2D eigenvalue weighted by Crippen LogP contribution is -1.91. The maximum atomic E-state index is 2.31. The van der Waals surface area contributed by atoms with Crippen LogP contribution in [0.15, 0.2) is 35.5 Å². The molecule has 0 N–H and O–H groups in total. The summed E-state index contributed by atoms with van der Waals surface area (Å²) in [7, 11) is 0. The van der Waals surface area contributed by atoms with Crippen LogP contribution in [0.4, 0.5) is 0 Å². The summed E-state index contributed by atoms with van der Waals surface area (Å²) < 4.78 is 0. The average molecular weight is 148 g/mol. The van der Waals surface area contributed by atoms with Crippen LogP contribution in [0.3, 0.4) is 0 Å². The highest BCUT2D eigenvalue weighted by molar-refractivity contribution is 5.31. The minimum absolute atomic E-state index is 0.596. The Morgan fingerprint density at radius 3 is 2.73 bits per heavy atom. The minimum Gasteiger partial charge on any atom is -0.0804 e. The van der Waals surface area contributed by atoms with E-state index in [4.69, 9.17) is 0 Å². The van der Waals surface area contributed by atoms with E-state index in [-0.39, 0.29) is 0 Å². The SMILES string of the molecule is CC(C)=CC(C)C1=CCC=C1. The Bertz CT molecular complexity index is 212. The topological polar surface area (TPSA) is 0 Å². The summed E-state index contributed by atoms with van der Waals surface area (Å²) in [5.41, 5.74) is 2.87. The highest BCUT2D eigenvalue weighted by atomic mass is 14.1. The van der Waals surface area contributed by atoms with E-state index in [1.54, 1.807) is 0 Å². The lowest BCUT2D eigenvalue weighted by molar-refractivity contribution is 0.880. The van der Waals surface area contributed by atoms with E-state index in [2.05, 4.69) is 45.1 Å². The molecule has 0 heterocycles. The first kappa shape index (κ1) is 8.32. The Labute approximate surface area is 69.3 Å². The zero-order valence-electron chi connectivity index (χ0n) is 7.59. The average Bonchev–Trinajstić information content (AvgIpc) is 2.35. The van der Waals surface area contributed by atoms with Crippen molar-refractivity contribution in [3.63, 3.8) is 0 Å². The zero-order chi connectivity index (χ0) is 8.27. The maximum absolute atomic E-state index is 2.31. The predicted molar refractivity (Wildman–Crippen MR) is 50.4 cm³/mol. The first-order valence-corrected chi connectivity index (χ1v) is 4.22. The standard InChI is InChI=1S/C11H16/c1-9(2)8-10(3)11-6-4-5-7-11/h4,6-8,10H,5H2,1-3H3. The van der Waals surface area contributed by atoms with Gasteiger partial charge in [-0.1, -0.05) is 36.8 Å². The van der Waals surface area contributed by atoms with Gasteiger partial charge in [-0.2, -0.15) is 0 Å². The van der Waals surface area contributed by atoms with E-state index in [9.17, 15) is 0 Å². The van der Waals surface area contributed by atoms with Crippen LogP contribution in [-0.2, 0) is 0 Å². The predicted octanol–water partition coefficient (Wildman–Crippen LogP) is 3.48. The molecule has 1 atom stereocenters.